The van der Waals surface area contributed by atoms with Crippen molar-refractivity contribution in [3.8, 4) is 17.2 Å². The average molecular weight is 370 g/mol. The topological polar surface area (TPSA) is 132 Å². The highest BCUT2D eigenvalue weighted by Gasteiger charge is 2.31. The fraction of sp³-hybridized carbons (Fsp3) is 0.158. The van der Waals surface area contributed by atoms with Crippen molar-refractivity contribution in [1.29, 1.82) is 0 Å². The number of aromatic hydroxyl groups is 1. The number of ether oxygens (including phenoxy) is 1. The monoisotopic (exact) mass is 370 g/mol. The predicted molar refractivity (Wildman–Crippen MR) is 96.3 cm³/mol. The van der Waals surface area contributed by atoms with Crippen LogP contribution in [0.3, 0.4) is 0 Å². The van der Waals surface area contributed by atoms with Gasteiger partial charge in [0.2, 0.25) is 0 Å². The maximum absolute atomic E-state index is 12.1. The number of nitrogens with zero attached hydrogens (tertiary/aromatic N) is 1. The molecule has 0 aliphatic heterocycles. The molecule has 3 aromatic rings. The van der Waals surface area contributed by atoms with E-state index in [0.717, 1.165) is 0 Å². The summed E-state index contributed by atoms with van der Waals surface area (Å²) >= 11 is 0. The van der Waals surface area contributed by atoms with Crippen LogP contribution in [0.1, 0.15) is 23.1 Å². The number of fused-ring (bicyclic) bond motifs is 1. The number of para-hydroxylation sites is 1. The SMILES string of the molecule is CCNC(=O)c1nc(C(O)(O)O)c2cc(Oc3ccccc3)ccc2c1O. The molecule has 140 valence electrons. The number of hydrogen-bond acceptors (Lipinski definition) is 7. The van der Waals surface area contributed by atoms with Gasteiger partial charge in [0.25, 0.3) is 5.91 Å². The van der Waals surface area contributed by atoms with Gasteiger partial charge in [-0.25, -0.2) is 4.98 Å². The fourth-order valence-corrected chi connectivity index (χ4v) is 2.62. The molecular formula is C19H18N2O6. The van der Waals surface area contributed by atoms with Gasteiger partial charge in [0, 0.05) is 17.3 Å². The van der Waals surface area contributed by atoms with Gasteiger partial charge in [-0.05, 0) is 37.3 Å². The zero-order valence-electron chi connectivity index (χ0n) is 14.4. The van der Waals surface area contributed by atoms with Crippen LogP contribution < -0.4 is 10.1 Å². The van der Waals surface area contributed by atoms with E-state index in [-0.39, 0.29) is 17.3 Å². The quantitative estimate of drug-likeness (QED) is 0.431. The van der Waals surface area contributed by atoms with E-state index in [0.29, 0.717) is 11.5 Å². The highest BCUT2D eigenvalue weighted by atomic mass is 16.7. The Morgan fingerprint density at radius 3 is 2.41 bits per heavy atom. The Balaban J connectivity index is 2.17. The van der Waals surface area contributed by atoms with Crippen molar-refractivity contribution in [3.05, 3.63) is 59.9 Å². The molecule has 0 spiro atoms. The van der Waals surface area contributed by atoms with Crippen LogP contribution in [0.5, 0.6) is 17.2 Å². The van der Waals surface area contributed by atoms with Crippen molar-refractivity contribution < 1.29 is 30.0 Å². The van der Waals surface area contributed by atoms with Gasteiger partial charge < -0.3 is 30.5 Å². The first-order valence-corrected chi connectivity index (χ1v) is 8.16. The summed E-state index contributed by atoms with van der Waals surface area (Å²) in [7, 11) is 0. The maximum atomic E-state index is 12.1. The molecule has 2 aromatic carbocycles. The Kier molecular flexibility index (Phi) is 4.95. The van der Waals surface area contributed by atoms with Gasteiger partial charge in [0.15, 0.2) is 11.4 Å². The molecule has 0 saturated carbocycles. The molecular weight excluding hydrogens is 352 g/mol. The molecule has 8 nitrogen and oxygen atoms in total. The number of aliphatic hydroxyl groups is 3. The van der Waals surface area contributed by atoms with Crippen LogP contribution in [0.15, 0.2) is 48.5 Å². The molecule has 0 saturated heterocycles. The van der Waals surface area contributed by atoms with Crippen LogP contribution in [0.4, 0.5) is 0 Å². The molecule has 0 aliphatic rings. The van der Waals surface area contributed by atoms with Crippen LogP contribution in [-0.4, -0.2) is 37.9 Å². The molecule has 3 rings (SSSR count). The number of rotatable bonds is 5. The zero-order valence-corrected chi connectivity index (χ0v) is 14.4. The summed E-state index contributed by atoms with van der Waals surface area (Å²) in [6, 6.07) is 13.2. The Hall–Kier alpha value is -3.20. The minimum absolute atomic E-state index is 0.0153. The van der Waals surface area contributed by atoms with Gasteiger partial charge in [-0.3, -0.25) is 4.79 Å². The Morgan fingerprint density at radius 2 is 1.78 bits per heavy atom. The highest BCUT2D eigenvalue weighted by molar-refractivity contribution is 6.02. The van der Waals surface area contributed by atoms with Crippen molar-refractivity contribution in [1.82, 2.24) is 10.3 Å². The fourth-order valence-electron chi connectivity index (χ4n) is 2.62. The standard InChI is InChI=1S/C19H18N2O6/c1-2-20-18(23)15-16(22)13-9-8-12(27-11-6-4-3-5-7-11)10-14(13)17(21-15)19(24,25)26/h3-10,22,24-26H,2H2,1H3,(H,20,23). The number of benzene rings is 2. The Labute approximate surface area is 154 Å². The van der Waals surface area contributed by atoms with E-state index >= 15 is 0 Å². The summed E-state index contributed by atoms with van der Waals surface area (Å²) in [6.45, 7) is 1.96. The first kappa shape index (κ1) is 18.6. The lowest BCUT2D eigenvalue weighted by atomic mass is 10.0. The van der Waals surface area contributed by atoms with E-state index in [4.69, 9.17) is 4.74 Å². The molecule has 1 aromatic heterocycles. The van der Waals surface area contributed by atoms with Crippen molar-refractivity contribution in [2.24, 2.45) is 0 Å². The molecule has 1 amide bonds. The van der Waals surface area contributed by atoms with E-state index in [1.807, 2.05) is 6.07 Å². The minimum Gasteiger partial charge on any atom is -0.505 e. The van der Waals surface area contributed by atoms with Crippen LogP contribution in [0.25, 0.3) is 10.8 Å². The second kappa shape index (κ2) is 7.20. The van der Waals surface area contributed by atoms with E-state index in [1.54, 1.807) is 31.2 Å². The number of carbonyl (C=O) groups excluding carboxylic acids is 1. The first-order valence-electron chi connectivity index (χ1n) is 8.16. The molecule has 0 atom stereocenters. The van der Waals surface area contributed by atoms with Crippen molar-refractivity contribution in [3.63, 3.8) is 0 Å². The summed E-state index contributed by atoms with van der Waals surface area (Å²) in [5, 5.41) is 42.1. The molecule has 0 bridgehead atoms. The summed E-state index contributed by atoms with van der Waals surface area (Å²) in [6.07, 6.45) is 0. The molecule has 0 radical (unpaired) electrons. The second-order valence-corrected chi connectivity index (χ2v) is 5.77. The largest absolute Gasteiger partial charge is 0.505 e. The second-order valence-electron chi connectivity index (χ2n) is 5.77. The number of aromatic nitrogens is 1. The van der Waals surface area contributed by atoms with Crippen LogP contribution in [-0.2, 0) is 5.97 Å². The van der Waals surface area contributed by atoms with Crippen LogP contribution in [0.2, 0.25) is 0 Å². The molecule has 27 heavy (non-hydrogen) atoms. The summed E-state index contributed by atoms with van der Waals surface area (Å²) in [5.41, 5.74) is -1.03. The van der Waals surface area contributed by atoms with E-state index < -0.39 is 29.0 Å². The number of amides is 1. The maximum Gasteiger partial charge on any atom is 0.322 e. The number of hydrogen-bond donors (Lipinski definition) is 5. The van der Waals surface area contributed by atoms with Crippen LogP contribution >= 0.6 is 0 Å². The summed E-state index contributed by atoms with van der Waals surface area (Å²) in [5.74, 6) is -3.63. The summed E-state index contributed by atoms with van der Waals surface area (Å²) < 4.78 is 5.68. The van der Waals surface area contributed by atoms with Gasteiger partial charge >= 0.3 is 5.97 Å². The lowest BCUT2D eigenvalue weighted by molar-refractivity contribution is -0.325. The molecule has 8 heteroatoms. The molecule has 1 heterocycles. The lowest BCUT2D eigenvalue weighted by Gasteiger charge is -2.18. The van der Waals surface area contributed by atoms with Crippen molar-refractivity contribution >= 4 is 16.7 Å². The molecule has 5 N–H and O–H groups in total. The van der Waals surface area contributed by atoms with Crippen LogP contribution in [0, 0.1) is 0 Å². The third-order valence-electron chi connectivity index (χ3n) is 3.80. The number of pyridine rings is 1. The lowest BCUT2D eigenvalue weighted by Crippen LogP contribution is -2.29. The van der Waals surface area contributed by atoms with E-state index in [2.05, 4.69) is 10.3 Å². The molecule has 0 unspecified atom stereocenters. The van der Waals surface area contributed by atoms with E-state index in [9.17, 15) is 25.2 Å². The third kappa shape index (κ3) is 3.82. The van der Waals surface area contributed by atoms with Gasteiger partial charge in [-0.15, -0.1) is 0 Å². The van der Waals surface area contributed by atoms with Gasteiger partial charge in [0.05, 0.1) is 0 Å². The van der Waals surface area contributed by atoms with E-state index in [1.165, 1.54) is 18.2 Å². The molecule has 0 fully saturated rings. The van der Waals surface area contributed by atoms with Gasteiger partial charge in [0.1, 0.15) is 17.2 Å². The minimum atomic E-state index is -3.32. The Morgan fingerprint density at radius 1 is 1.07 bits per heavy atom. The highest BCUT2D eigenvalue weighted by Crippen LogP contribution is 2.36. The zero-order chi connectivity index (χ0) is 19.6. The predicted octanol–water partition coefficient (Wildman–Crippen LogP) is 1.57. The average Bonchev–Trinajstić information content (AvgIpc) is 2.62. The first-order chi connectivity index (χ1) is 12.8. The normalized spacial score (nSPS) is 11.4. The third-order valence-corrected chi connectivity index (χ3v) is 3.80. The van der Waals surface area contributed by atoms with Gasteiger partial charge in [-0.1, -0.05) is 18.2 Å². The smallest absolute Gasteiger partial charge is 0.322 e. The van der Waals surface area contributed by atoms with Crippen molar-refractivity contribution in [2.45, 2.75) is 12.9 Å². The number of nitrogens with one attached hydrogen (secondary N) is 1. The summed E-state index contributed by atoms with van der Waals surface area (Å²) in [4.78, 5) is 15.9. The number of carbonyl (C=O) groups is 1. The Bertz CT molecular complexity index is 983. The van der Waals surface area contributed by atoms with Crippen molar-refractivity contribution in [2.75, 3.05) is 6.54 Å². The van der Waals surface area contributed by atoms with Gasteiger partial charge in [-0.2, -0.15) is 0 Å². The molecule has 0 aliphatic carbocycles.